The van der Waals surface area contributed by atoms with Gasteiger partial charge in [-0.1, -0.05) is 37.3 Å². The van der Waals surface area contributed by atoms with Crippen LogP contribution in [0.1, 0.15) is 24.8 Å². The van der Waals surface area contributed by atoms with E-state index in [0.29, 0.717) is 0 Å². The molecule has 1 radical (unpaired) electrons. The van der Waals surface area contributed by atoms with Gasteiger partial charge in [0, 0.05) is 12.6 Å². The van der Waals surface area contributed by atoms with E-state index in [1.807, 2.05) is 0 Å². The fourth-order valence-corrected chi connectivity index (χ4v) is 2.25. The van der Waals surface area contributed by atoms with E-state index in [1.165, 1.54) is 24.9 Å². The molecular formula is C13H18N. The van der Waals surface area contributed by atoms with Crippen molar-refractivity contribution in [3.05, 3.63) is 42.8 Å². The minimum absolute atomic E-state index is 0.718. The molecule has 1 atom stereocenters. The summed E-state index contributed by atoms with van der Waals surface area (Å²) in [6, 6.07) is 11.4. The van der Waals surface area contributed by atoms with E-state index in [0.717, 1.165) is 19.0 Å². The fraction of sp³-hybridized carbons (Fsp3) is 0.462. The lowest BCUT2D eigenvalue weighted by atomic mass is 10.1. The monoisotopic (exact) mass is 188 g/mol. The molecule has 0 amide bonds. The van der Waals surface area contributed by atoms with Gasteiger partial charge in [-0.05, 0) is 31.4 Å². The standard InChI is InChI=1S/C13H18N/c1-2-13-9-6-10-14(13)11-12-7-4-3-5-8-12/h3-5,7-8,13H,1-2,6,9-11H2. The van der Waals surface area contributed by atoms with Crippen molar-refractivity contribution in [1.29, 1.82) is 0 Å². The first-order valence-corrected chi connectivity index (χ1v) is 5.47. The van der Waals surface area contributed by atoms with E-state index in [2.05, 4.69) is 42.2 Å². The van der Waals surface area contributed by atoms with Gasteiger partial charge < -0.3 is 0 Å². The van der Waals surface area contributed by atoms with Crippen LogP contribution in [0, 0.1) is 6.92 Å². The minimum Gasteiger partial charge on any atom is -0.296 e. The van der Waals surface area contributed by atoms with Crippen molar-refractivity contribution in [1.82, 2.24) is 4.90 Å². The summed E-state index contributed by atoms with van der Waals surface area (Å²) in [6.45, 7) is 6.36. The SMILES string of the molecule is [CH2]CC1CCCN1Cc1ccccc1. The Labute approximate surface area is 86.7 Å². The van der Waals surface area contributed by atoms with Gasteiger partial charge in [-0.3, -0.25) is 4.90 Å². The van der Waals surface area contributed by atoms with Crippen LogP contribution in [0.3, 0.4) is 0 Å². The van der Waals surface area contributed by atoms with Gasteiger partial charge in [-0.15, -0.1) is 0 Å². The van der Waals surface area contributed by atoms with Crippen molar-refractivity contribution >= 4 is 0 Å². The second kappa shape index (κ2) is 4.61. The number of hydrogen-bond donors (Lipinski definition) is 0. The van der Waals surface area contributed by atoms with Crippen molar-refractivity contribution in [2.24, 2.45) is 0 Å². The smallest absolute Gasteiger partial charge is 0.0236 e. The zero-order valence-electron chi connectivity index (χ0n) is 8.65. The third-order valence-corrected chi connectivity index (χ3v) is 3.06. The first-order chi connectivity index (χ1) is 6.90. The zero-order chi connectivity index (χ0) is 9.80. The van der Waals surface area contributed by atoms with Crippen LogP contribution in [-0.2, 0) is 6.54 Å². The molecule has 0 N–H and O–H groups in total. The maximum absolute atomic E-state index is 4.02. The molecule has 1 fully saturated rings. The van der Waals surface area contributed by atoms with Gasteiger partial charge in [-0.25, -0.2) is 0 Å². The molecule has 0 bridgehead atoms. The van der Waals surface area contributed by atoms with Crippen LogP contribution in [0.5, 0.6) is 0 Å². The van der Waals surface area contributed by atoms with E-state index in [-0.39, 0.29) is 0 Å². The molecule has 0 aliphatic carbocycles. The van der Waals surface area contributed by atoms with Crippen molar-refractivity contribution in [2.75, 3.05) is 6.54 Å². The first-order valence-electron chi connectivity index (χ1n) is 5.47. The quantitative estimate of drug-likeness (QED) is 0.705. The third kappa shape index (κ3) is 2.16. The van der Waals surface area contributed by atoms with Gasteiger partial charge in [0.25, 0.3) is 0 Å². The Hall–Kier alpha value is -0.820. The fourth-order valence-electron chi connectivity index (χ4n) is 2.25. The van der Waals surface area contributed by atoms with Crippen molar-refractivity contribution < 1.29 is 0 Å². The molecule has 1 aromatic carbocycles. The van der Waals surface area contributed by atoms with E-state index in [9.17, 15) is 0 Å². The normalized spacial score (nSPS) is 22.8. The maximum Gasteiger partial charge on any atom is 0.0236 e. The lowest BCUT2D eigenvalue weighted by Crippen LogP contribution is -2.28. The molecule has 1 aliphatic heterocycles. The highest BCUT2D eigenvalue weighted by Gasteiger charge is 2.22. The lowest BCUT2D eigenvalue weighted by Gasteiger charge is -2.23. The van der Waals surface area contributed by atoms with Crippen LogP contribution < -0.4 is 0 Å². The highest BCUT2D eigenvalue weighted by Crippen LogP contribution is 2.21. The minimum atomic E-state index is 0.718. The summed E-state index contributed by atoms with van der Waals surface area (Å²) in [5.74, 6) is 0. The molecule has 1 heterocycles. The van der Waals surface area contributed by atoms with Crippen LogP contribution >= 0.6 is 0 Å². The summed E-state index contributed by atoms with van der Waals surface area (Å²) < 4.78 is 0. The van der Waals surface area contributed by atoms with Gasteiger partial charge in [0.15, 0.2) is 0 Å². The lowest BCUT2D eigenvalue weighted by molar-refractivity contribution is 0.246. The van der Waals surface area contributed by atoms with Gasteiger partial charge in [0.05, 0.1) is 0 Å². The number of rotatable bonds is 3. The highest BCUT2D eigenvalue weighted by atomic mass is 15.2. The molecule has 1 saturated heterocycles. The molecule has 75 valence electrons. The van der Waals surface area contributed by atoms with Gasteiger partial charge in [-0.2, -0.15) is 0 Å². The van der Waals surface area contributed by atoms with Crippen molar-refractivity contribution in [3.63, 3.8) is 0 Å². The van der Waals surface area contributed by atoms with Crippen molar-refractivity contribution in [3.8, 4) is 0 Å². The molecule has 14 heavy (non-hydrogen) atoms. The average Bonchev–Trinajstić information content (AvgIpc) is 2.67. The molecule has 1 heteroatoms. The van der Waals surface area contributed by atoms with Crippen LogP contribution in [0.4, 0.5) is 0 Å². The predicted octanol–water partition coefficient (Wildman–Crippen LogP) is 2.88. The van der Waals surface area contributed by atoms with Crippen LogP contribution in [0.25, 0.3) is 0 Å². The Morgan fingerprint density at radius 3 is 2.79 bits per heavy atom. The van der Waals surface area contributed by atoms with Gasteiger partial charge in [0.2, 0.25) is 0 Å². The Bertz CT molecular complexity index is 268. The second-order valence-electron chi connectivity index (χ2n) is 4.04. The van der Waals surface area contributed by atoms with Crippen LogP contribution in [0.2, 0.25) is 0 Å². The third-order valence-electron chi connectivity index (χ3n) is 3.06. The second-order valence-corrected chi connectivity index (χ2v) is 4.04. The Morgan fingerprint density at radius 2 is 2.07 bits per heavy atom. The molecule has 1 aliphatic rings. The Balaban J connectivity index is 1.97. The van der Waals surface area contributed by atoms with Crippen LogP contribution in [-0.4, -0.2) is 17.5 Å². The molecule has 1 unspecified atom stereocenters. The van der Waals surface area contributed by atoms with E-state index in [4.69, 9.17) is 0 Å². The first kappa shape index (κ1) is 9.72. The van der Waals surface area contributed by atoms with Crippen LogP contribution in [0.15, 0.2) is 30.3 Å². The number of benzene rings is 1. The van der Waals surface area contributed by atoms with Gasteiger partial charge >= 0.3 is 0 Å². The largest absolute Gasteiger partial charge is 0.296 e. The molecule has 1 aromatic rings. The molecule has 1 nitrogen and oxygen atoms in total. The topological polar surface area (TPSA) is 3.24 Å². The summed E-state index contributed by atoms with van der Waals surface area (Å²) in [5.41, 5.74) is 1.42. The zero-order valence-corrected chi connectivity index (χ0v) is 8.65. The molecule has 0 saturated carbocycles. The average molecular weight is 188 g/mol. The highest BCUT2D eigenvalue weighted by molar-refractivity contribution is 5.14. The Kier molecular flexibility index (Phi) is 3.20. The Morgan fingerprint density at radius 1 is 1.29 bits per heavy atom. The number of likely N-dealkylation sites (tertiary alicyclic amines) is 1. The summed E-state index contributed by atoms with van der Waals surface area (Å²) in [4.78, 5) is 2.56. The predicted molar refractivity (Wildman–Crippen MR) is 59.8 cm³/mol. The molecular weight excluding hydrogens is 170 g/mol. The molecule has 0 aromatic heterocycles. The van der Waals surface area contributed by atoms with E-state index in [1.54, 1.807) is 0 Å². The molecule has 2 rings (SSSR count). The molecule has 0 spiro atoms. The number of hydrogen-bond acceptors (Lipinski definition) is 1. The van der Waals surface area contributed by atoms with Crippen molar-refractivity contribution in [2.45, 2.75) is 31.8 Å². The number of nitrogens with zero attached hydrogens (tertiary/aromatic N) is 1. The van der Waals surface area contributed by atoms with E-state index < -0.39 is 0 Å². The van der Waals surface area contributed by atoms with E-state index >= 15 is 0 Å². The summed E-state index contributed by atoms with van der Waals surface area (Å²) in [7, 11) is 0. The summed E-state index contributed by atoms with van der Waals surface area (Å²) >= 11 is 0. The summed E-state index contributed by atoms with van der Waals surface area (Å²) in [5, 5.41) is 0. The maximum atomic E-state index is 4.02. The summed E-state index contributed by atoms with van der Waals surface area (Å²) in [6.07, 6.45) is 3.72. The van der Waals surface area contributed by atoms with Gasteiger partial charge in [0.1, 0.15) is 0 Å².